The van der Waals surface area contributed by atoms with Crippen LogP contribution in [0.25, 0.3) is 6.08 Å². The molecule has 0 saturated carbocycles. The Bertz CT molecular complexity index is 776. The molecule has 144 valence electrons. The summed E-state index contributed by atoms with van der Waals surface area (Å²) in [6, 6.07) is 16.0. The second-order valence-corrected chi connectivity index (χ2v) is 7.88. The Balaban J connectivity index is 1.64. The number of para-hydroxylation sites is 1. The van der Waals surface area contributed by atoms with Gasteiger partial charge in [-0.3, -0.25) is 4.90 Å². The first-order valence-corrected chi connectivity index (χ1v) is 9.89. The molecule has 3 rings (SSSR count). The third kappa shape index (κ3) is 5.35. The molecule has 0 aromatic heterocycles. The molecule has 0 amide bonds. The summed E-state index contributed by atoms with van der Waals surface area (Å²) in [5.74, 6) is 0.887. The first-order valence-electron chi connectivity index (χ1n) is 9.51. The number of piperidine rings is 1. The van der Waals surface area contributed by atoms with Crippen molar-refractivity contribution in [1.29, 1.82) is 0 Å². The van der Waals surface area contributed by atoms with Gasteiger partial charge < -0.3 is 9.84 Å². The van der Waals surface area contributed by atoms with E-state index in [2.05, 4.69) is 29.2 Å². The molecule has 4 heteroatoms. The summed E-state index contributed by atoms with van der Waals surface area (Å²) in [6.45, 7) is 3.03. The van der Waals surface area contributed by atoms with Crippen LogP contribution in [0, 0.1) is 5.41 Å². The van der Waals surface area contributed by atoms with Gasteiger partial charge in [0.25, 0.3) is 0 Å². The Morgan fingerprint density at radius 1 is 1.22 bits per heavy atom. The van der Waals surface area contributed by atoms with Crippen molar-refractivity contribution in [2.75, 3.05) is 33.4 Å². The van der Waals surface area contributed by atoms with E-state index in [-0.39, 0.29) is 12.0 Å². The van der Waals surface area contributed by atoms with Gasteiger partial charge in [-0.05, 0) is 49.6 Å². The summed E-state index contributed by atoms with van der Waals surface area (Å²) in [7, 11) is 1.70. The third-order valence-electron chi connectivity index (χ3n) is 5.34. The van der Waals surface area contributed by atoms with Crippen molar-refractivity contribution in [3.8, 4) is 5.75 Å². The number of halogens is 1. The summed E-state index contributed by atoms with van der Waals surface area (Å²) in [4.78, 5) is 2.43. The van der Waals surface area contributed by atoms with Crippen LogP contribution >= 0.6 is 11.6 Å². The number of rotatable bonds is 7. The first-order chi connectivity index (χ1) is 13.1. The normalized spacial score (nSPS) is 20.9. The highest BCUT2D eigenvalue weighted by Gasteiger charge is 2.34. The van der Waals surface area contributed by atoms with Crippen LogP contribution in [-0.2, 0) is 6.42 Å². The lowest BCUT2D eigenvalue weighted by Crippen LogP contribution is -2.46. The molecule has 0 aliphatic carbocycles. The lowest BCUT2D eigenvalue weighted by molar-refractivity contribution is 0.0376. The molecule has 27 heavy (non-hydrogen) atoms. The van der Waals surface area contributed by atoms with Crippen LogP contribution < -0.4 is 4.74 Å². The second-order valence-electron chi connectivity index (χ2n) is 7.45. The average Bonchev–Trinajstić information content (AvgIpc) is 2.68. The number of benzene rings is 2. The second kappa shape index (κ2) is 9.41. The van der Waals surface area contributed by atoms with Gasteiger partial charge in [0.1, 0.15) is 5.75 Å². The van der Waals surface area contributed by atoms with Gasteiger partial charge in [0.2, 0.25) is 0 Å². The molecule has 1 aliphatic heterocycles. The van der Waals surface area contributed by atoms with Crippen molar-refractivity contribution < 1.29 is 9.84 Å². The Morgan fingerprint density at radius 3 is 2.85 bits per heavy atom. The topological polar surface area (TPSA) is 32.7 Å². The zero-order chi connectivity index (χ0) is 19.1. The zero-order valence-corrected chi connectivity index (χ0v) is 16.7. The van der Waals surface area contributed by atoms with E-state index in [1.165, 1.54) is 5.56 Å². The highest BCUT2D eigenvalue weighted by Crippen LogP contribution is 2.34. The fraction of sp³-hybridized carbons (Fsp3) is 0.391. The van der Waals surface area contributed by atoms with Gasteiger partial charge in [0, 0.05) is 29.1 Å². The van der Waals surface area contributed by atoms with E-state index in [9.17, 15) is 5.11 Å². The predicted molar refractivity (Wildman–Crippen MR) is 112 cm³/mol. The minimum atomic E-state index is -0.0960. The molecule has 1 aliphatic rings. The number of aliphatic hydroxyl groups excluding tert-OH is 1. The van der Waals surface area contributed by atoms with Crippen LogP contribution in [0.5, 0.6) is 5.75 Å². The number of methoxy groups -OCH3 is 1. The SMILES string of the molecule is COc1ccccc1/C=C/CN1CCC[C@](CO)(Cc2cccc(Cl)c2)C1. The number of hydrogen-bond acceptors (Lipinski definition) is 3. The Kier molecular flexibility index (Phi) is 6.95. The molecule has 1 heterocycles. The van der Waals surface area contributed by atoms with Gasteiger partial charge in [0.15, 0.2) is 0 Å². The summed E-state index contributed by atoms with van der Waals surface area (Å²) in [5, 5.41) is 10.9. The molecule has 0 radical (unpaired) electrons. The van der Waals surface area contributed by atoms with E-state index in [1.807, 2.05) is 36.4 Å². The largest absolute Gasteiger partial charge is 0.496 e. The number of nitrogens with zero attached hydrogens (tertiary/aromatic N) is 1. The smallest absolute Gasteiger partial charge is 0.126 e. The third-order valence-corrected chi connectivity index (χ3v) is 5.58. The summed E-state index contributed by atoms with van der Waals surface area (Å²) < 4.78 is 5.41. The molecular formula is C23H28ClNO2. The lowest BCUT2D eigenvalue weighted by Gasteiger charge is -2.41. The highest BCUT2D eigenvalue weighted by atomic mass is 35.5. The minimum absolute atomic E-state index is 0.0960. The predicted octanol–water partition coefficient (Wildman–Crippen LogP) is 4.68. The van der Waals surface area contributed by atoms with Crippen LogP contribution in [0.2, 0.25) is 5.02 Å². The van der Waals surface area contributed by atoms with Crippen LogP contribution in [0.4, 0.5) is 0 Å². The Labute approximate surface area is 167 Å². The van der Waals surface area contributed by atoms with Crippen LogP contribution in [0.3, 0.4) is 0 Å². The number of ether oxygens (including phenoxy) is 1. The zero-order valence-electron chi connectivity index (χ0n) is 15.9. The molecule has 2 aromatic rings. The van der Waals surface area contributed by atoms with Crippen molar-refractivity contribution in [3.05, 3.63) is 70.8 Å². The molecule has 3 nitrogen and oxygen atoms in total. The van der Waals surface area contributed by atoms with Gasteiger partial charge in [-0.2, -0.15) is 0 Å². The number of aliphatic hydroxyl groups is 1. The molecule has 1 atom stereocenters. The quantitative estimate of drug-likeness (QED) is 0.751. The minimum Gasteiger partial charge on any atom is -0.496 e. The first kappa shape index (κ1) is 19.9. The van der Waals surface area contributed by atoms with Crippen molar-refractivity contribution in [1.82, 2.24) is 4.90 Å². The summed E-state index contributed by atoms with van der Waals surface area (Å²) in [6.07, 6.45) is 7.30. The van der Waals surface area contributed by atoms with Crippen LogP contribution in [0.1, 0.15) is 24.0 Å². The van der Waals surface area contributed by atoms with E-state index in [4.69, 9.17) is 16.3 Å². The van der Waals surface area contributed by atoms with E-state index in [0.29, 0.717) is 0 Å². The van der Waals surface area contributed by atoms with Gasteiger partial charge in [-0.25, -0.2) is 0 Å². The molecule has 1 N–H and O–H groups in total. The van der Waals surface area contributed by atoms with Crippen molar-refractivity contribution in [3.63, 3.8) is 0 Å². The molecule has 0 unspecified atom stereocenters. The van der Waals surface area contributed by atoms with Gasteiger partial charge in [-0.1, -0.05) is 54.1 Å². The fourth-order valence-electron chi connectivity index (χ4n) is 4.01. The molecule has 1 fully saturated rings. The maximum absolute atomic E-state index is 10.2. The molecule has 2 aromatic carbocycles. The van der Waals surface area contributed by atoms with E-state index < -0.39 is 0 Å². The Morgan fingerprint density at radius 2 is 2.07 bits per heavy atom. The van der Waals surface area contributed by atoms with Gasteiger partial charge >= 0.3 is 0 Å². The van der Waals surface area contributed by atoms with E-state index >= 15 is 0 Å². The molecule has 0 spiro atoms. The molecule has 0 bridgehead atoms. The molecular weight excluding hydrogens is 358 g/mol. The monoisotopic (exact) mass is 385 g/mol. The maximum Gasteiger partial charge on any atom is 0.126 e. The van der Waals surface area contributed by atoms with Crippen LogP contribution in [-0.4, -0.2) is 43.4 Å². The van der Waals surface area contributed by atoms with E-state index in [0.717, 1.165) is 55.2 Å². The molecule has 1 saturated heterocycles. The number of likely N-dealkylation sites (tertiary alicyclic amines) is 1. The summed E-state index contributed by atoms with van der Waals surface area (Å²) in [5.41, 5.74) is 2.19. The average molecular weight is 386 g/mol. The van der Waals surface area contributed by atoms with Crippen molar-refractivity contribution in [2.24, 2.45) is 5.41 Å². The maximum atomic E-state index is 10.2. The fourth-order valence-corrected chi connectivity index (χ4v) is 4.22. The summed E-state index contributed by atoms with van der Waals surface area (Å²) >= 11 is 6.14. The van der Waals surface area contributed by atoms with E-state index in [1.54, 1.807) is 7.11 Å². The standard InChI is InChI=1S/C23H28ClNO2/c1-27-22-11-3-2-8-20(22)9-5-13-25-14-6-12-23(17-25,18-26)16-19-7-4-10-21(24)15-19/h2-5,7-11,15,26H,6,12-14,16-18H2,1H3/b9-5+/t23-/m0/s1. The Hall–Kier alpha value is -1.81. The highest BCUT2D eigenvalue weighted by molar-refractivity contribution is 6.30. The number of hydrogen-bond donors (Lipinski definition) is 1. The van der Waals surface area contributed by atoms with Crippen LogP contribution in [0.15, 0.2) is 54.6 Å². The lowest BCUT2D eigenvalue weighted by atomic mass is 9.76. The van der Waals surface area contributed by atoms with Crippen molar-refractivity contribution >= 4 is 17.7 Å². The van der Waals surface area contributed by atoms with Gasteiger partial charge in [-0.15, -0.1) is 0 Å². The van der Waals surface area contributed by atoms with Crippen molar-refractivity contribution in [2.45, 2.75) is 19.3 Å². The van der Waals surface area contributed by atoms with Gasteiger partial charge in [0.05, 0.1) is 13.7 Å².